The summed E-state index contributed by atoms with van der Waals surface area (Å²) in [6.07, 6.45) is 4.25. The molecule has 0 heterocycles. The lowest BCUT2D eigenvalue weighted by atomic mass is 9.94. The zero-order valence-electron chi connectivity index (χ0n) is 19.9. The summed E-state index contributed by atoms with van der Waals surface area (Å²) in [6, 6.07) is 21.3. The third-order valence-electron chi connectivity index (χ3n) is 6.33. The Bertz CT molecular complexity index is 1110. The van der Waals surface area contributed by atoms with Crippen molar-refractivity contribution in [3.05, 3.63) is 88.1 Å². The second-order valence-electron chi connectivity index (χ2n) is 8.98. The molecule has 0 bridgehead atoms. The van der Waals surface area contributed by atoms with Gasteiger partial charge in [-0.1, -0.05) is 58.4 Å². The van der Waals surface area contributed by atoms with E-state index in [4.69, 9.17) is 9.47 Å². The van der Waals surface area contributed by atoms with Gasteiger partial charge in [-0.25, -0.2) is 4.39 Å². The van der Waals surface area contributed by atoms with Gasteiger partial charge in [0.05, 0.1) is 18.8 Å². The molecule has 0 atom stereocenters. The molecule has 184 valence electrons. The highest BCUT2D eigenvalue weighted by Gasteiger charge is 2.24. The minimum atomic E-state index is -0.307. The molecule has 0 saturated heterocycles. The first-order chi connectivity index (χ1) is 17.0. The van der Waals surface area contributed by atoms with Crippen LogP contribution >= 0.6 is 15.9 Å². The molecule has 1 saturated carbocycles. The third-order valence-corrected chi connectivity index (χ3v) is 6.85. The monoisotopic (exact) mass is 539 g/mol. The smallest absolute Gasteiger partial charge is 0.216 e. The van der Waals surface area contributed by atoms with Crippen LogP contribution in [0.5, 0.6) is 5.75 Å². The molecule has 1 amide bonds. The van der Waals surface area contributed by atoms with Crippen molar-refractivity contribution in [1.82, 2.24) is 5.32 Å². The van der Waals surface area contributed by atoms with Crippen LogP contribution < -0.4 is 10.1 Å². The Morgan fingerprint density at radius 2 is 1.69 bits per heavy atom. The van der Waals surface area contributed by atoms with E-state index in [0.717, 1.165) is 46.8 Å². The molecular weight excluding hydrogens is 509 g/mol. The molecule has 0 unspecified atom stereocenters. The lowest BCUT2D eigenvalue weighted by Gasteiger charge is -2.29. The maximum absolute atomic E-state index is 15.2. The van der Waals surface area contributed by atoms with E-state index in [1.807, 2.05) is 48.5 Å². The first-order valence-electron chi connectivity index (χ1n) is 12.1. The molecule has 0 spiro atoms. The summed E-state index contributed by atoms with van der Waals surface area (Å²) in [6.45, 7) is 2.46. The van der Waals surface area contributed by atoms with Gasteiger partial charge in [0.25, 0.3) is 0 Å². The molecule has 6 heteroatoms. The largest absolute Gasteiger partial charge is 0.490 e. The van der Waals surface area contributed by atoms with Crippen molar-refractivity contribution in [2.24, 2.45) is 0 Å². The maximum Gasteiger partial charge on any atom is 0.216 e. The molecule has 4 rings (SSSR count). The van der Waals surface area contributed by atoms with Gasteiger partial charge in [0.1, 0.15) is 11.6 Å². The molecule has 1 N–H and O–H groups in total. The Morgan fingerprint density at radius 3 is 2.37 bits per heavy atom. The van der Waals surface area contributed by atoms with E-state index in [-0.39, 0.29) is 23.9 Å². The van der Waals surface area contributed by atoms with Crippen LogP contribution in [-0.4, -0.2) is 24.7 Å². The molecule has 3 aromatic rings. The SMILES string of the molecule is CC(=O)NCCc1c(F)cc(OC2CCC(OCc3ccc(Br)cc3)CC2)cc1-c1ccccc1. The molecule has 1 aliphatic carbocycles. The fourth-order valence-electron chi connectivity index (χ4n) is 4.48. The number of hydrogen-bond donors (Lipinski definition) is 1. The summed E-state index contributed by atoms with van der Waals surface area (Å²) < 4.78 is 28.6. The van der Waals surface area contributed by atoms with Gasteiger partial charge in [-0.3, -0.25) is 4.79 Å². The normalized spacial score (nSPS) is 17.7. The van der Waals surface area contributed by atoms with E-state index >= 15 is 4.39 Å². The first-order valence-corrected chi connectivity index (χ1v) is 12.9. The fraction of sp³-hybridized carbons (Fsp3) is 0.345. The van der Waals surface area contributed by atoms with Crippen molar-refractivity contribution < 1.29 is 18.7 Å². The van der Waals surface area contributed by atoms with Crippen LogP contribution in [0.3, 0.4) is 0 Å². The average molecular weight is 540 g/mol. The van der Waals surface area contributed by atoms with Gasteiger partial charge in [0, 0.05) is 24.0 Å². The zero-order chi connectivity index (χ0) is 24.6. The van der Waals surface area contributed by atoms with Crippen LogP contribution in [0, 0.1) is 5.82 Å². The van der Waals surface area contributed by atoms with E-state index in [2.05, 4.69) is 33.4 Å². The van der Waals surface area contributed by atoms with Gasteiger partial charge in [-0.15, -0.1) is 0 Å². The number of nitrogens with one attached hydrogen (secondary N) is 1. The van der Waals surface area contributed by atoms with Crippen molar-refractivity contribution in [1.29, 1.82) is 0 Å². The van der Waals surface area contributed by atoms with E-state index < -0.39 is 0 Å². The van der Waals surface area contributed by atoms with Crippen LogP contribution in [0.2, 0.25) is 0 Å². The number of benzene rings is 3. The summed E-state index contributed by atoms with van der Waals surface area (Å²) in [5.41, 5.74) is 3.48. The second kappa shape index (κ2) is 12.3. The van der Waals surface area contributed by atoms with Crippen molar-refractivity contribution in [3.8, 4) is 16.9 Å². The lowest BCUT2D eigenvalue weighted by Crippen LogP contribution is -2.28. The summed E-state index contributed by atoms with van der Waals surface area (Å²) in [4.78, 5) is 11.3. The van der Waals surface area contributed by atoms with Crippen LogP contribution in [0.25, 0.3) is 11.1 Å². The molecular formula is C29H31BrFNO3. The molecule has 35 heavy (non-hydrogen) atoms. The van der Waals surface area contributed by atoms with E-state index in [1.54, 1.807) is 0 Å². The quantitative estimate of drug-likeness (QED) is 0.323. The van der Waals surface area contributed by atoms with Crippen LogP contribution in [0.1, 0.15) is 43.7 Å². The Balaban J connectivity index is 1.38. The molecule has 0 aromatic heterocycles. The summed E-state index contributed by atoms with van der Waals surface area (Å²) >= 11 is 3.46. The summed E-state index contributed by atoms with van der Waals surface area (Å²) in [7, 11) is 0. The number of hydrogen-bond acceptors (Lipinski definition) is 3. The maximum atomic E-state index is 15.2. The molecule has 0 aliphatic heterocycles. The highest BCUT2D eigenvalue weighted by atomic mass is 79.9. The second-order valence-corrected chi connectivity index (χ2v) is 9.90. The fourth-order valence-corrected chi connectivity index (χ4v) is 4.74. The topological polar surface area (TPSA) is 47.6 Å². The number of rotatable bonds is 9. The molecule has 3 aromatic carbocycles. The van der Waals surface area contributed by atoms with Crippen LogP contribution in [-0.2, 0) is 22.6 Å². The molecule has 1 aliphatic rings. The number of ether oxygens (including phenoxy) is 2. The molecule has 4 nitrogen and oxygen atoms in total. The lowest BCUT2D eigenvalue weighted by molar-refractivity contribution is -0.118. The highest BCUT2D eigenvalue weighted by Crippen LogP contribution is 2.33. The van der Waals surface area contributed by atoms with Crippen molar-refractivity contribution in [2.45, 2.75) is 57.8 Å². The molecule has 1 fully saturated rings. The minimum Gasteiger partial charge on any atom is -0.490 e. The van der Waals surface area contributed by atoms with E-state index in [0.29, 0.717) is 30.9 Å². The first kappa shape index (κ1) is 25.4. The standard InChI is InChI=1S/C29H31BrFNO3/c1-20(33)32-16-15-27-28(22-5-3-2-4-6-22)17-26(18-29(27)31)35-25-13-11-24(12-14-25)34-19-21-7-9-23(30)10-8-21/h2-10,17-18,24-25H,11-16,19H2,1H3,(H,32,33). The van der Waals surface area contributed by atoms with E-state index in [1.165, 1.54) is 13.0 Å². The zero-order valence-corrected chi connectivity index (χ0v) is 21.5. The predicted octanol–water partition coefficient (Wildman–Crippen LogP) is 6.84. The summed E-state index contributed by atoms with van der Waals surface area (Å²) in [5.74, 6) is 0.116. The number of carbonyl (C=O) groups is 1. The van der Waals surface area contributed by atoms with Crippen LogP contribution in [0.15, 0.2) is 71.2 Å². The Morgan fingerprint density at radius 1 is 1.00 bits per heavy atom. The number of carbonyl (C=O) groups excluding carboxylic acids is 1. The highest BCUT2D eigenvalue weighted by molar-refractivity contribution is 9.10. The van der Waals surface area contributed by atoms with Gasteiger partial charge >= 0.3 is 0 Å². The Hall–Kier alpha value is -2.70. The van der Waals surface area contributed by atoms with Gasteiger partial charge in [0.15, 0.2) is 0 Å². The minimum absolute atomic E-state index is 0.0378. The molecule has 0 radical (unpaired) electrons. The van der Waals surface area contributed by atoms with Gasteiger partial charge in [0.2, 0.25) is 5.91 Å². The van der Waals surface area contributed by atoms with Crippen molar-refractivity contribution >= 4 is 21.8 Å². The predicted molar refractivity (Wildman–Crippen MR) is 140 cm³/mol. The van der Waals surface area contributed by atoms with E-state index in [9.17, 15) is 4.79 Å². The number of halogens is 2. The van der Waals surface area contributed by atoms with Crippen LogP contribution in [0.4, 0.5) is 4.39 Å². The Labute approximate surface area is 215 Å². The van der Waals surface area contributed by atoms with Crippen molar-refractivity contribution in [2.75, 3.05) is 6.54 Å². The number of amides is 1. The van der Waals surface area contributed by atoms with Crippen molar-refractivity contribution in [3.63, 3.8) is 0 Å². The van der Waals surface area contributed by atoms with Gasteiger partial charge < -0.3 is 14.8 Å². The average Bonchev–Trinajstić information content (AvgIpc) is 2.86. The van der Waals surface area contributed by atoms with Gasteiger partial charge in [-0.2, -0.15) is 0 Å². The summed E-state index contributed by atoms with van der Waals surface area (Å²) in [5, 5.41) is 2.76. The Kier molecular flexibility index (Phi) is 8.94. The third kappa shape index (κ3) is 7.39. The van der Waals surface area contributed by atoms with Gasteiger partial charge in [-0.05, 0) is 72.6 Å².